The molecule has 0 saturated carbocycles. The van der Waals surface area contributed by atoms with E-state index >= 15 is 0 Å². The molecular formula is C25H30N6O4. The molecule has 0 aromatic heterocycles. The normalized spacial score (nSPS) is 26.7. The first-order valence-electron chi connectivity index (χ1n) is 11.8. The molecule has 0 radical (unpaired) electrons. The van der Waals surface area contributed by atoms with Crippen LogP contribution in [0.2, 0.25) is 0 Å². The number of hydrogen-bond acceptors (Lipinski definition) is 8. The van der Waals surface area contributed by atoms with Crippen LogP contribution in [0.3, 0.4) is 0 Å². The third-order valence-electron chi connectivity index (χ3n) is 7.69. The number of nitrogens with one attached hydrogen (secondary N) is 1. The molecule has 0 aliphatic carbocycles. The number of aliphatic imine (C=N–C) groups is 1. The van der Waals surface area contributed by atoms with E-state index in [1.54, 1.807) is 37.1 Å². The van der Waals surface area contributed by atoms with Gasteiger partial charge in [-0.2, -0.15) is 0 Å². The van der Waals surface area contributed by atoms with Gasteiger partial charge in [0, 0.05) is 43.0 Å². The predicted molar refractivity (Wildman–Crippen MR) is 130 cm³/mol. The van der Waals surface area contributed by atoms with Crippen LogP contribution >= 0.6 is 0 Å². The lowest BCUT2D eigenvalue weighted by atomic mass is 9.87. The number of hydrogen-bond donors (Lipinski definition) is 3. The Balaban J connectivity index is 1.36. The maximum absolute atomic E-state index is 13.1. The molecule has 0 bridgehead atoms. The Hall–Kier alpha value is -3.66. The third kappa shape index (κ3) is 3.87. The summed E-state index contributed by atoms with van der Waals surface area (Å²) in [4.78, 5) is 46.0. The van der Waals surface area contributed by atoms with Gasteiger partial charge in [-0.25, -0.2) is 4.99 Å². The molecule has 2 unspecified atom stereocenters. The summed E-state index contributed by atoms with van der Waals surface area (Å²) in [6.45, 7) is 4.53. The second-order valence-corrected chi connectivity index (χ2v) is 10.1. The van der Waals surface area contributed by atoms with Gasteiger partial charge in [0.25, 0.3) is 0 Å². The zero-order valence-electron chi connectivity index (χ0n) is 19.8. The highest BCUT2D eigenvalue weighted by molar-refractivity contribution is 6.05. The van der Waals surface area contributed by atoms with Gasteiger partial charge in [0.05, 0.1) is 12.2 Å². The highest BCUT2D eigenvalue weighted by Gasteiger charge is 2.47. The fourth-order valence-electron chi connectivity index (χ4n) is 5.46. The van der Waals surface area contributed by atoms with Crippen LogP contribution in [-0.2, 0) is 9.59 Å². The Kier molecular flexibility index (Phi) is 5.63. The molecular weight excluding hydrogens is 448 g/mol. The Labute approximate surface area is 203 Å². The number of carboxylic acid groups (broad SMARTS) is 1. The number of carbonyl (C=O) groups is 3. The average molecular weight is 479 g/mol. The van der Waals surface area contributed by atoms with E-state index in [1.807, 2.05) is 23.2 Å². The summed E-state index contributed by atoms with van der Waals surface area (Å²) in [6, 6.07) is 7.30. The standard InChI is InChI=1S/C25H30N6O4/c1-25(2,24(34)35)29-12-18-8-7-17(11-31(18)19(33)13-29)23-28-20(16-5-3-15(14-32)4-6-16)21-22(26)27-9-10-30(21)23/h3-6,9-10,14,17-18,23,28H,7-8,11-13H2,1-2H3,(H2,26,27)(H,34,35)/t17?,18-,23?/m0/s1. The largest absolute Gasteiger partial charge is 0.480 e. The van der Waals surface area contributed by atoms with Crippen LogP contribution < -0.4 is 11.1 Å². The lowest BCUT2D eigenvalue weighted by molar-refractivity contribution is -0.158. The SMILES string of the molecule is CC(C)(C(=O)O)N1CC(=O)N2CC(C3NC(c4ccc(C=O)cc4)=C4C(N)=NC=CN43)CC[C@H]2C1. The van der Waals surface area contributed by atoms with Gasteiger partial charge in [0.15, 0.2) is 0 Å². The van der Waals surface area contributed by atoms with Crippen LogP contribution in [0.4, 0.5) is 0 Å². The second-order valence-electron chi connectivity index (χ2n) is 10.1. The van der Waals surface area contributed by atoms with Crippen LogP contribution in [0.1, 0.15) is 42.6 Å². The molecule has 3 atom stereocenters. The van der Waals surface area contributed by atoms with Crippen LogP contribution in [0.15, 0.2) is 47.4 Å². The number of carboxylic acids is 1. The third-order valence-corrected chi connectivity index (χ3v) is 7.69. The topological polar surface area (TPSA) is 132 Å². The van der Waals surface area contributed by atoms with E-state index in [0.717, 1.165) is 36.1 Å². The van der Waals surface area contributed by atoms with E-state index in [2.05, 4.69) is 15.2 Å². The summed E-state index contributed by atoms with van der Waals surface area (Å²) in [5.41, 5.74) is 8.34. The fraction of sp³-hybridized carbons (Fsp3) is 0.440. The molecule has 4 heterocycles. The number of nitrogens with zero attached hydrogens (tertiary/aromatic N) is 4. The van der Waals surface area contributed by atoms with Gasteiger partial charge >= 0.3 is 5.97 Å². The van der Waals surface area contributed by atoms with Crippen molar-refractivity contribution in [3.63, 3.8) is 0 Å². The molecule has 5 rings (SSSR count). The zero-order chi connectivity index (χ0) is 24.9. The molecule has 2 saturated heterocycles. The van der Waals surface area contributed by atoms with E-state index in [-0.39, 0.29) is 30.6 Å². The number of rotatable bonds is 5. The van der Waals surface area contributed by atoms with Crippen molar-refractivity contribution in [1.82, 2.24) is 20.0 Å². The number of piperidine rings is 1. The number of aldehydes is 1. The predicted octanol–water partition coefficient (Wildman–Crippen LogP) is 1.03. The van der Waals surface area contributed by atoms with Crippen LogP contribution in [0.5, 0.6) is 0 Å². The molecule has 1 aromatic rings. The van der Waals surface area contributed by atoms with Gasteiger partial charge in [0.1, 0.15) is 29.5 Å². The van der Waals surface area contributed by atoms with E-state index in [0.29, 0.717) is 24.5 Å². The van der Waals surface area contributed by atoms with Crippen LogP contribution in [0.25, 0.3) is 5.70 Å². The molecule has 10 nitrogen and oxygen atoms in total. The highest BCUT2D eigenvalue weighted by Crippen LogP contribution is 2.37. The first-order chi connectivity index (χ1) is 16.7. The number of aliphatic carboxylic acids is 1. The first kappa shape index (κ1) is 23.1. The van der Waals surface area contributed by atoms with Crippen molar-refractivity contribution in [2.24, 2.45) is 16.6 Å². The van der Waals surface area contributed by atoms with Crippen molar-refractivity contribution in [2.45, 2.75) is 44.4 Å². The van der Waals surface area contributed by atoms with Gasteiger partial charge in [-0.05, 0) is 32.3 Å². The molecule has 1 aromatic carbocycles. The quantitative estimate of drug-likeness (QED) is 0.535. The molecule has 1 amide bonds. The van der Waals surface area contributed by atoms with E-state index in [4.69, 9.17) is 5.73 Å². The van der Waals surface area contributed by atoms with Gasteiger partial charge < -0.3 is 26.0 Å². The molecule has 2 fully saturated rings. The maximum Gasteiger partial charge on any atom is 0.323 e. The minimum Gasteiger partial charge on any atom is -0.480 e. The summed E-state index contributed by atoms with van der Waals surface area (Å²) >= 11 is 0. The minimum atomic E-state index is -1.09. The number of benzene rings is 1. The molecule has 10 heteroatoms. The number of piperazine rings is 1. The molecule has 184 valence electrons. The molecule has 35 heavy (non-hydrogen) atoms. The Morgan fingerprint density at radius 3 is 2.66 bits per heavy atom. The Bertz CT molecular complexity index is 1150. The fourth-order valence-corrected chi connectivity index (χ4v) is 5.46. The maximum atomic E-state index is 13.1. The lowest BCUT2D eigenvalue weighted by Crippen LogP contribution is -2.66. The number of fused-ring (bicyclic) bond motifs is 2. The molecule has 0 spiro atoms. The molecule has 4 aliphatic heterocycles. The molecule has 4 N–H and O–H groups in total. The molecule has 4 aliphatic rings. The monoisotopic (exact) mass is 478 g/mol. The van der Waals surface area contributed by atoms with Crippen molar-refractivity contribution >= 4 is 29.7 Å². The smallest absolute Gasteiger partial charge is 0.323 e. The summed E-state index contributed by atoms with van der Waals surface area (Å²) in [7, 11) is 0. The number of carbonyl (C=O) groups excluding carboxylic acids is 2. The summed E-state index contributed by atoms with van der Waals surface area (Å²) in [5, 5.41) is 13.2. The van der Waals surface area contributed by atoms with Crippen molar-refractivity contribution in [3.05, 3.63) is 53.5 Å². The average Bonchev–Trinajstić information content (AvgIpc) is 3.25. The summed E-state index contributed by atoms with van der Waals surface area (Å²) in [6.07, 6.45) is 5.94. The van der Waals surface area contributed by atoms with Crippen LogP contribution in [0, 0.1) is 5.92 Å². The van der Waals surface area contributed by atoms with Gasteiger partial charge in [-0.15, -0.1) is 0 Å². The highest BCUT2D eigenvalue weighted by atomic mass is 16.4. The second kappa shape index (κ2) is 8.53. The Morgan fingerprint density at radius 1 is 1.23 bits per heavy atom. The van der Waals surface area contributed by atoms with Crippen molar-refractivity contribution < 1.29 is 19.5 Å². The van der Waals surface area contributed by atoms with Crippen molar-refractivity contribution in [3.8, 4) is 0 Å². The zero-order valence-corrected chi connectivity index (χ0v) is 19.8. The van der Waals surface area contributed by atoms with E-state index in [1.165, 1.54) is 0 Å². The van der Waals surface area contributed by atoms with E-state index in [9.17, 15) is 19.5 Å². The Morgan fingerprint density at radius 2 is 1.97 bits per heavy atom. The van der Waals surface area contributed by atoms with Crippen LogP contribution in [-0.4, -0.2) is 81.2 Å². The van der Waals surface area contributed by atoms with Crippen molar-refractivity contribution in [1.29, 1.82) is 0 Å². The number of amidine groups is 1. The summed E-state index contributed by atoms with van der Waals surface area (Å²) < 4.78 is 0. The van der Waals surface area contributed by atoms with Gasteiger partial charge in [-0.1, -0.05) is 24.3 Å². The van der Waals surface area contributed by atoms with Gasteiger partial charge in [-0.3, -0.25) is 19.3 Å². The van der Waals surface area contributed by atoms with Crippen molar-refractivity contribution in [2.75, 3.05) is 19.6 Å². The summed E-state index contributed by atoms with van der Waals surface area (Å²) in [5.74, 6) is -0.421. The number of amides is 1. The van der Waals surface area contributed by atoms with Gasteiger partial charge in [0.2, 0.25) is 5.91 Å². The lowest BCUT2D eigenvalue weighted by Gasteiger charge is -2.50. The minimum absolute atomic E-state index is 0.00107. The number of nitrogens with two attached hydrogens (primary N) is 1. The first-order valence-corrected chi connectivity index (χ1v) is 11.8. The van der Waals surface area contributed by atoms with E-state index < -0.39 is 11.5 Å².